The topological polar surface area (TPSA) is 55.4 Å². The summed E-state index contributed by atoms with van der Waals surface area (Å²) in [7, 11) is 0.0839. The highest BCUT2D eigenvalue weighted by atomic mass is 32.2. The zero-order chi connectivity index (χ0) is 15.8. The summed E-state index contributed by atoms with van der Waals surface area (Å²) < 4.78 is 20.0. The lowest BCUT2D eigenvalue weighted by molar-refractivity contribution is -0.136. The van der Waals surface area contributed by atoms with Gasteiger partial charge in [-0.05, 0) is 44.4 Å². The number of hydrogen-bond acceptors (Lipinski definition) is 3. The number of rotatable bonds is 3. The van der Waals surface area contributed by atoms with Crippen molar-refractivity contribution in [2.24, 2.45) is 0 Å². The van der Waals surface area contributed by atoms with Gasteiger partial charge in [0.1, 0.15) is 0 Å². The van der Waals surface area contributed by atoms with Gasteiger partial charge in [0.05, 0.1) is 34.5 Å². The second kappa shape index (κ2) is 5.73. The van der Waals surface area contributed by atoms with Crippen molar-refractivity contribution < 1.29 is 13.7 Å². The minimum atomic E-state index is -1.28. The van der Waals surface area contributed by atoms with Gasteiger partial charge in [0.25, 0.3) is 0 Å². The van der Waals surface area contributed by atoms with E-state index in [1.807, 2.05) is 52.0 Å². The minimum absolute atomic E-state index is 0.382. The van der Waals surface area contributed by atoms with Gasteiger partial charge in [-0.25, -0.2) is 13.7 Å². The van der Waals surface area contributed by atoms with Crippen molar-refractivity contribution in [3.63, 3.8) is 0 Å². The third-order valence-corrected chi connectivity index (χ3v) is 5.12. The molecule has 0 fully saturated rings. The first-order chi connectivity index (χ1) is 9.77. The van der Waals surface area contributed by atoms with E-state index in [9.17, 15) is 9.00 Å². The van der Waals surface area contributed by atoms with E-state index in [-0.39, 0.29) is 5.97 Å². The molecule has 2 atom stereocenters. The van der Waals surface area contributed by atoms with Crippen LogP contribution >= 0.6 is 0 Å². The number of hydrogen-bond donors (Lipinski definition) is 1. The molecule has 114 valence electrons. The summed E-state index contributed by atoms with van der Waals surface area (Å²) in [5, 5.41) is 0. The molecule has 4 nitrogen and oxygen atoms in total. The van der Waals surface area contributed by atoms with E-state index in [1.165, 1.54) is 7.11 Å². The molecule has 21 heavy (non-hydrogen) atoms. The molecule has 0 aliphatic heterocycles. The van der Waals surface area contributed by atoms with Crippen LogP contribution in [0.4, 0.5) is 0 Å². The second-order valence-corrected chi connectivity index (χ2v) is 8.05. The number of methoxy groups -OCH3 is 1. The zero-order valence-electron chi connectivity index (χ0n) is 13.0. The van der Waals surface area contributed by atoms with Crippen LogP contribution in [0.2, 0.25) is 0 Å². The van der Waals surface area contributed by atoms with E-state index < -0.39 is 21.8 Å². The van der Waals surface area contributed by atoms with E-state index in [4.69, 9.17) is 4.74 Å². The van der Waals surface area contributed by atoms with E-state index in [1.54, 1.807) is 0 Å². The summed E-state index contributed by atoms with van der Waals surface area (Å²) in [6.45, 7) is 7.58. The SMILES string of the molecule is COC(=O)C1=C(C)c2ccccc2C1NS(=O)C(C)(C)C. The van der Waals surface area contributed by atoms with Crippen LogP contribution in [0, 0.1) is 0 Å². The number of carbonyl (C=O) groups excluding carboxylic acids is 1. The molecule has 1 aliphatic carbocycles. The molecule has 2 rings (SSSR count). The van der Waals surface area contributed by atoms with Gasteiger partial charge in [0.15, 0.2) is 0 Å². The standard InChI is InChI=1S/C16H21NO3S/c1-10-11-8-6-7-9-12(11)14(13(10)15(18)20-5)17-21(19)16(2,3)4/h6-9,14,17H,1-5H3. The van der Waals surface area contributed by atoms with Crippen LogP contribution in [-0.2, 0) is 20.5 Å². The molecule has 0 amide bonds. The molecule has 0 bridgehead atoms. The van der Waals surface area contributed by atoms with Gasteiger partial charge in [-0.3, -0.25) is 0 Å². The van der Waals surface area contributed by atoms with Crippen molar-refractivity contribution in [1.29, 1.82) is 0 Å². The number of carbonyl (C=O) groups is 1. The fourth-order valence-electron chi connectivity index (χ4n) is 2.39. The summed E-state index contributed by atoms with van der Waals surface area (Å²) in [5.41, 5.74) is 3.38. The first-order valence-corrected chi connectivity index (χ1v) is 7.98. The number of allylic oxidation sites excluding steroid dienone is 1. The molecule has 1 N–H and O–H groups in total. The number of benzene rings is 1. The summed E-state index contributed by atoms with van der Waals surface area (Å²) >= 11 is 0. The number of fused-ring (bicyclic) bond motifs is 1. The van der Waals surface area contributed by atoms with Crippen LogP contribution in [0.5, 0.6) is 0 Å². The largest absolute Gasteiger partial charge is 0.466 e. The molecule has 0 radical (unpaired) electrons. The Morgan fingerprint density at radius 3 is 2.48 bits per heavy atom. The molecule has 1 aliphatic rings. The Labute approximate surface area is 128 Å². The predicted octanol–water partition coefficient (Wildman–Crippen LogP) is 2.74. The highest BCUT2D eigenvalue weighted by Crippen LogP contribution is 2.41. The van der Waals surface area contributed by atoms with Gasteiger partial charge in [-0.2, -0.15) is 0 Å². The second-order valence-electron chi connectivity index (χ2n) is 6.05. The average Bonchev–Trinajstić information content (AvgIpc) is 2.71. The van der Waals surface area contributed by atoms with Gasteiger partial charge >= 0.3 is 5.97 Å². The van der Waals surface area contributed by atoms with Gasteiger partial charge < -0.3 is 4.74 Å². The van der Waals surface area contributed by atoms with Crippen molar-refractivity contribution in [2.75, 3.05) is 7.11 Å². The van der Waals surface area contributed by atoms with Crippen molar-refractivity contribution in [1.82, 2.24) is 4.72 Å². The normalized spacial score (nSPS) is 19.4. The molecular formula is C16H21NO3S. The van der Waals surface area contributed by atoms with E-state index >= 15 is 0 Å². The van der Waals surface area contributed by atoms with Gasteiger partial charge in [0, 0.05) is 0 Å². The summed E-state index contributed by atoms with van der Waals surface area (Å²) in [5.74, 6) is -0.382. The van der Waals surface area contributed by atoms with Gasteiger partial charge in [0.2, 0.25) is 0 Å². The molecule has 1 aromatic rings. The van der Waals surface area contributed by atoms with Crippen LogP contribution in [0.3, 0.4) is 0 Å². The first kappa shape index (κ1) is 15.9. The van der Waals surface area contributed by atoms with E-state index in [0.29, 0.717) is 5.57 Å². The molecule has 0 saturated heterocycles. The van der Waals surface area contributed by atoms with Crippen molar-refractivity contribution >= 4 is 22.5 Å². The monoisotopic (exact) mass is 307 g/mol. The van der Waals surface area contributed by atoms with Crippen molar-refractivity contribution in [3.8, 4) is 0 Å². The fourth-order valence-corrected chi connectivity index (χ4v) is 3.21. The number of esters is 1. The molecule has 0 aromatic heterocycles. The minimum Gasteiger partial charge on any atom is -0.466 e. The highest BCUT2D eigenvalue weighted by Gasteiger charge is 2.36. The van der Waals surface area contributed by atoms with Crippen molar-refractivity contribution in [2.45, 2.75) is 38.5 Å². The van der Waals surface area contributed by atoms with Crippen LogP contribution in [0.1, 0.15) is 44.9 Å². The van der Waals surface area contributed by atoms with E-state index in [2.05, 4.69) is 4.72 Å². The van der Waals surface area contributed by atoms with Crippen molar-refractivity contribution in [3.05, 3.63) is 41.0 Å². The lowest BCUT2D eigenvalue weighted by atomic mass is 10.1. The number of nitrogens with one attached hydrogen (secondary N) is 1. The highest BCUT2D eigenvalue weighted by molar-refractivity contribution is 7.84. The third-order valence-electron chi connectivity index (χ3n) is 3.55. The number of ether oxygens (including phenoxy) is 1. The Bertz CT molecular complexity index is 629. The Hall–Kier alpha value is -1.46. The summed E-state index contributed by atoms with van der Waals surface area (Å²) in [6, 6.07) is 7.37. The van der Waals surface area contributed by atoms with Gasteiger partial charge in [-0.15, -0.1) is 0 Å². The lowest BCUT2D eigenvalue weighted by Gasteiger charge is -2.23. The molecule has 5 heteroatoms. The molecule has 1 aromatic carbocycles. The maximum atomic E-state index is 12.4. The predicted molar refractivity (Wildman–Crippen MR) is 84.8 cm³/mol. The summed E-state index contributed by atoms with van der Waals surface area (Å²) in [6.07, 6.45) is 0. The van der Waals surface area contributed by atoms with Crippen LogP contribution < -0.4 is 4.72 Å². The Morgan fingerprint density at radius 1 is 1.29 bits per heavy atom. The molecule has 0 saturated carbocycles. The molecule has 2 unspecified atom stereocenters. The zero-order valence-corrected chi connectivity index (χ0v) is 13.8. The molecule has 0 heterocycles. The Morgan fingerprint density at radius 2 is 1.90 bits per heavy atom. The lowest BCUT2D eigenvalue weighted by Crippen LogP contribution is -2.37. The maximum Gasteiger partial charge on any atom is 0.336 e. The third kappa shape index (κ3) is 2.94. The fraction of sp³-hybridized carbons (Fsp3) is 0.438. The molecular weight excluding hydrogens is 286 g/mol. The van der Waals surface area contributed by atoms with Gasteiger partial charge in [-0.1, -0.05) is 24.3 Å². The average molecular weight is 307 g/mol. The molecule has 0 spiro atoms. The van der Waals surface area contributed by atoms with Crippen LogP contribution in [0.25, 0.3) is 5.57 Å². The maximum absolute atomic E-state index is 12.4. The van der Waals surface area contributed by atoms with E-state index in [0.717, 1.165) is 16.7 Å². The Balaban J connectivity index is 2.46. The summed E-state index contributed by atoms with van der Waals surface area (Å²) in [4.78, 5) is 12.1. The van der Waals surface area contributed by atoms with Crippen LogP contribution in [-0.4, -0.2) is 22.0 Å². The Kier molecular flexibility index (Phi) is 4.35. The smallest absolute Gasteiger partial charge is 0.336 e. The van der Waals surface area contributed by atoms with Crippen LogP contribution in [0.15, 0.2) is 29.8 Å². The quantitative estimate of drug-likeness (QED) is 0.874. The first-order valence-electron chi connectivity index (χ1n) is 6.83.